The number of aliphatic hydroxyl groups excluding tert-OH is 3. The van der Waals surface area contributed by atoms with Crippen LogP contribution < -0.4 is 0 Å². The Bertz CT molecular complexity index is 1390. The Hall–Kier alpha value is -2.82. The van der Waals surface area contributed by atoms with Gasteiger partial charge in [0, 0.05) is 16.2 Å². The van der Waals surface area contributed by atoms with Crippen LogP contribution in [0.3, 0.4) is 0 Å². The number of hydrogen-bond donors (Lipinski definition) is 3. The molecule has 5 aromatic rings. The predicted molar refractivity (Wildman–Crippen MR) is 111 cm³/mol. The van der Waals surface area contributed by atoms with Gasteiger partial charge in [0.05, 0.1) is 18.3 Å². The molecule has 8 nitrogen and oxygen atoms in total. The SMILES string of the molecule is OC[C@H]1O[C@@H](n2c3ncnc(-c4occ5ccccc45)c3c3ccsc32)[C@H](O)[C@@H]1O. The van der Waals surface area contributed by atoms with Gasteiger partial charge in [-0.05, 0) is 11.4 Å². The second-order valence-corrected chi connectivity index (χ2v) is 8.21. The zero-order valence-corrected chi connectivity index (χ0v) is 16.4. The average Bonchev–Trinajstić information content (AvgIpc) is 3.52. The summed E-state index contributed by atoms with van der Waals surface area (Å²) >= 11 is 1.48. The molecule has 1 saturated heterocycles. The van der Waals surface area contributed by atoms with Gasteiger partial charge >= 0.3 is 0 Å². The molecule has 6 rings (SSSR count). The van der Waals surface area contributed by atoms with Crippen LogP contribution in [0.15, 0.2) is 52.7 Å². The Morgan fingerprint density at radius 2 is 1.93 bits per heavy atom. The minimum absolute atomic E-state index is 0.389. The van der Waals surface area contributed by atoms with Crippen molar-refractivity contribution in [1.82, 2.24) is 14.5 Å². The lowest BCUT2D eigenvalue weighted by Crippen LogP contribution is -2.33. The molecule has 1 fully saturated rings. The van der Waals surface area contributed by atoms with Gasteiger partial charge in [-0.25, -0.2) is 9.97 Å². The highest BCUT2D eigenvalue weighted by molar-refractivity contribution is 7.17. The standard InChI is InChI=1S/C21H17N3O5S/c25-7-13-16(26)17(27)20(29-13)24-19-14(12-5-6-30-21(12)24)15(22-9-23-19)18-11-4-2-1-3-10(11)8-28-18/h1-6,8-9,13,16-17,20,25-27H,7H2/t13-,16-,17-,20-/m1/s1. The number of rotatable bonds is 3. The van der Waals surface area contributed by atoms with Crippen LogP contribution in [0.4, 0.5) is 0 Å². The van der Waals surface area contributed by atoms with E-state index in [4.69, 9.17) is 9.15 Å². The molecular weight excluding hydrogens is 406 g/mol. The first kappa shape index (κ1) is 18.0. The third kappa shape index (κ3) is 2.35. The number of aromatic nitrogens is 3. The van der Waals surface area contributed by atoms with Gasteiger partial charge in [0.2, 0.25) is 0 Å². The van der Waals surface area contributed by atoms with Crippen molar-refractivity contribution in [3.05, 3.63) is 48.3 Å². The highest BCUT2D eigenvalue weighted by atomic mass is 32.1. The molecule has 1 aliphatic rings. The summed E-state index contributed by atoms with van der Waals surface area (Å²) in [6.45, 7) is -0.389. The maximum Gasteiger partial charge on any atom is 0.165 e. The Balaban J connectivity index is 1.64. The Labute approximate surface area is 173 Å². The van der Waals surface area contributed by atoms with Gasteiger partial charge in [0.1, 0.15) is 40.8 Å². The van der Waals surface area contributed by atoms with Gasteiger partial charge in [0.15, 0.2) is 12.0 Å². The first-order valence-electron chi connectivity index (χ1n) is 9.50. The van der Waals surface area contributed by atoms with E-state index in [9.17, 15) is 15.3 Å². The van der Waals surface area contributed by atoms with Crippen LogP contribution in [0, 0.1) is 0 Å². The van der Waals surface area contributed by atoms with Gasteiger partial charge < -0.3 is 24.5 Å². The van der Waals surface area contributed by atoms with Crippen molar-refractivity contribution in [3.8, 4) is 11.5 Å². The quantitative estimate of drug-likeness (QED) is 0.409. The summed E-state index contributed by atoms with van der Waals surface area (Å²) < 4.78 is 13.5. The molecule has 4 aromatic heterocycles. The summed E-state index contributed by atoms with van der Waals surface area (Å²) in [5.41, 5.74) is 1.22. The van der Waals surface area contributed by atoms with Crippen LogP contribution in [0.2, 0.25) is 0 Å². The minimum Gasteiger partial charge on any atom is -0.461 e. The van der Waals surface area contributed by atoms with Gasteiger partial charge in [-0.15, -0.1) is 11.3 Å². The highest BCUT2D eigenvalue weighted by Gasteiger charge is 2.44. The lowest BCUT2D eigenvalue weighted by Gasteiger charge is -2.18. The van der Waals surface area contributed by atoms with Crippen molar-refractivity contribution in [3.63, 3.8) is 0 Å². The molecule has 9 heteroatoms. The van der Waals surface area contributed by atoms with E-state index in [-0.39, 0.29) is 6.61 Å². The molecule has 3 N–H and O–H groups in total. The van der Waals surface area contributed by atoms with Crippen molar-refractivity contribution in [2.45, 2.75) is 24.5 Å². The zero-order chi connectivity index (χ0) is 20.4. The van der Waals surface area contributed by atoms with E-state index < -0.39 is 24.5 Å². The van der Waals surface area contributed by atoms with Gasteiger partial charge in [0.25, 0.3) is 0 Å². The van der Waals surface area contributed by atoms with Crippen molar-refractivity contribution >= 4 is 43.4 Å². The first-order valence-corrected chi connectivity index (χ1v) is 10.4. The van der Waals surface area contributed by atoms with Crippen molar-refractivity contribution < 1.29 is 24.5 Å². The molecule has 0 aliphatic carbocycles. The molecule has 0 radical (unpaired) electrons. The van der Waals surface area contributed by atoms with Crippen LogP contribution in [0.5, 0.6) is 0 Å². The lowest BCUT2D eigenvalue weighted by molar-refractivity contribution is -0.0488. The fraction of sp³-hybridized carbons (Fsp3) is 0.238. The van der Waals surface area contributed by atoms with E-state index in [1.54, 1.807) is 10.8 Å². The summed E-state index contributed by atoms with van der Waals surface area (Å²) in [6.07, 6.45) is -0.990. The van der Waals surface area contributed by atoms with Crippen LogP contribution >= 0.6 is 11.3 Å². The monoisotopic (exact) mass is 423 g/mol. The molecule has 5 heterocycles. The summed E-state index contributed by atoms with van der Waals surface area (Å²) in [7, 11) is 0. The second-order valence-electron chi connectivity index (χ2n) is 7.31. The van der Waals surface area contributed by atoms with E-state index in [1.807, 2.05) is 35.7 Å². The fourth-order valence-electron chi connectivity index (χ4n) is 4.26. The molecular formula is C21H17N3O5S. The van der Waals surface area contributed by atoms with Crippen molar-refractivity contribution in [2.75, 3.05) is 6.61 Å². The largest absolute Gasteiger partial charge is 0.461 e. The van der Waals surface area contributed by atoms with Crippen LogP contribution in [-0.2, 0) is 4.74 Å². The average molecular weight is 423 g/mol. The topological polar surface area (TPSA) is 114 Å². The molecule has 4 atom stereocenters. The zero-order valence-electron chi connectivity index (χ0n) is 15.5. The number of benzene rings is 1. The number of nitrogens with zero attached hydrogens (tertiary/aromatic N) is 3. The second kappa shape index (κ2) is 6.59. The van der Waals surface area contributed by atoms with E-state index in [0.29, 0.717) is 17.1 Å². The summed E-state index contributed by atoms with van der Waals surface area (Å²) in [5.74, 6) is 0.643. The predicted octanol–water partition coefficient (Wildman–Crippen LogP) is 2.67. The molecule has 0 amide bonds. The normalized spacial score (nSPS) is 24.5. The van der Waals surface area contributed by atoms with E-state index >= 15 is 0 Å². The van der Waals surface area contributed by atoms with Crippen LogP contribution in [0.1, 0.15) is 6.23 Å². The van der Waals surface area contributed by atoms with Crippen LogP contribution in [0.25, 0.3) is 43.5 Å². The van der Waals surface area contributed by atoms with E-state index in [2.05, 4.69) is 9.97 Å². The number of aliphatic hydroxyl groups is 3. The molecule has 1 aliphatic heterocycles. The molecule has 152 valence electrons. The van der Waals surface area contributed by atoms with Gasteiger partial charge in [-0.1, -0.05) is 24.3 Å². The number of hydrogen-bond acceptors (Lipinski definition) is 8. The van der Waals surface area contributed by atoms with E-state index in [1.165, 1.54) is 17.7 Å². The minimum atomic E-state index is -1.20. The number of furan rings is 1. The number of ether oxygens (including phenoxy) is 1. The Morgan fingerprint density at radius 1 is 1.07 bits per heavy atom. The fourth-order valence-corrected chi connectivity index (χ4v) is 5.19. The smallest absolute Gasteiger partial charge is 0.165 e. The van der Waals surface area contributed by atoms with Crippen molar-refractivity contribution in [1.29, 1.82) is 0 Å². The Morgan fingerprint density at radius 3 is 2.77 bits per heavy atom. The molecule has 0 spiro atoms. The van der Waals surface area contributed by atoms with Crippen LogP contribution in [-0.4, -0.2) is 54.8 Å². The third-order valence-electron chi connectivity index (χ3n) is 5.68. The van der Waals surface area contributed by atoms with E-state index in [0.717, 1.165) is 26.4 Å². The third-order valence-corrected chi connectivity index (χ3v) is 6.60. The summed E-state index contributed by atoms with van der Waals surface area (Å²) in [4.78, 5) is 9.84. The molecule has 30 heavy (non-hydrogen) atoms. The maximum atomic E-state index is 10.6. The summed E-state index contributed by atoms with van der Waals surface area (Å²) in [6, 6.07) is 9.83. The lowest BCUT2D eigenvalue weighted by atomic mass is 10.1. The number of thiophene rings is 1. The summed E-state index contributed by atoms with van der Waals surface area (Å²) in [5, 5.41) is 35.9. The number of fused-ring (bicyclic) bond motifs is 4. The first-order chi connectivity index (χ1) is 14.7. The highest BCUT2D eigenvalue weighted by Crippen LogP contribution is 2.43. The molecule has 0 bridgehead atoms. The van der Waals surface area contributed by atoms with Gasteiger partial charge in [-0.2, -0.15) is 0 Å². The van der Waals surface area contributed by atoms with Crippen molar-refractivity contribution in [2.24, 2.45) is 0 Å². The Kier molecular flexibility index (Phi) is 3.95. The molecule has 0 unspecified atom stereocenters. The molecule has 0 saturated carbocycles. The molecule has 1 aromatic carbocycles. The maximum absolute atomic E-state index is 10.6. The van der Waals surface area contributed by atoms with Gasteiger partial charge in [-0.3, -0.25) is 4.57 Å².